The summed E-state index contributed by atoms with van der Waals surface area (Å²) in [4.78, 5) is 24.5. The van der Waals surface area contributed by atoms with E-state index in [1.165, 1.54) is 180 Å². The first-order chi connectivity index (χ1) is 30.5. The van der Waals surface area contributed by atoms with Crippen molar-refractivity contribution in [2.24, 2.45) is 0 Å². The minimum atomic E-state index is -0.675. The second kappa shape index (κ2) is 51.7. The molecular weight excluding hydrogens is 767 g/mol. The monoisotopic (exact) mass is 872 g/mol. The summed E-state index contributed by atoms with van der Waals surface area (Å²) in [6.07, 6.45) is 62.6. The summed E-state index contributed by atoms with van der Waals surface area (Å²) < 4.78 is 5.46. The van der Waals surface area contributed by atoms with E-state index >= 15 is 0 Å². The number of carbonyl (C=O) groups excluding carboxylic acids is 2. The Balaban J connectivity index is 3.47. The summed E-state index contributed by atoms with van der Waals surface area (Å²) in [6, 6.07) is -0.554. The average Bonchev–Trinajstić information content (AvgIpc) is 3.27. The van der Waals surface area contributed by atoms with Gasteiger partial charge in [0.05, 0.1) is 25.4 Å². The van der Waals surface area contributed by atoms with E-state index in [4.69, 9.17) is 4.74 Å². The lowest BCUT2D eigenvalue weighted by atomic mass is 10.0. The summed E-state index contributed by atoms with van der Waals surface area (Å²) in [6.45, 7) is 4.90. The lowest BCUT2D eigenvalue weighted by Crippen LogP contribution is -2.45. The highest BCUT2D eigenvalue weighted by Gasteiger charge is 2.20. The maximum absolute atomic E-state index is 12.4. The molecule has 0 aliphatic rings. The van der Waals surface area contributed by atoms with Crippen LogP contribution in [0, 0.1) is 0 Å². The summed E-state index contributed by atoms with van der Waals surface area (Å²) in [5, 5.41) is 23.2. The van der Waals surface area contributed by atoms with Crippen molar-refractivity contribution in [3.8, 4) is 0 Å². The third-order valence-electron chi connectivity index (χ3n) is 12.4. The van der Waals surface area contributed by atoms with Gasteiger partial charge in [-0.3, -0.25) is 9.59 Å². The predicted octanol–water partition coefficient (Wildman–Crippen LogP) is 16.5. The van der Waals surface area contributed by atoms with Gasteiger partial charge >= 0.3 is 5.97 Å². The van der Waals surface area contributed by atoms with Crippen molar-refractivity contribution in [3.05, 3.63) is 36.5 Å². The van der Waals surface area contributed by atoms with Crippen LogP contribution < -0.4 is 5.32 Å². The Bertz CT molecular complexity index is 1010. The van der Waals surface area contributed by atoms with Crippen LogP contribution in [0.4, 0.5) is 0 Å². The Morgan fingerprint density at radius 3 is 1.26 bits per heavy atom. The minimum absolute atomic E-state index is 0.0166. The molecule has 0 aromatic rings. The number of amides is 1. The topological polar surface area (TPSA) is 95.9 Å². The molecule has 2 atom stereocenters. The zero-order chi connectivity index (χ0) is 45.1. The van der Waals surface area contributed by atoms with Crippen LogP contribution in [0.5, 0.6) is 0 Å². The van der Waals surface area contributed by atoms with Crippen molar-refractivity contribution in [1.29, 1.82) is 0 Å². The Morgan fingerprint density at radius 2 is 0.806 bits per heavy atom. The number of aliphatic hydroxyl groups excluding tert-OH is 2. The number of nitrogens with one attached hydrogen (secondary N) is 1. The molecule has 0 aliphatic carbocycles. The zero-order valence-electron chi connectivity index (χ0n) is 41.4. The van der Waals surface area contributed by atoms with Crippen molar-refractivity contribution in [2.45, 2.75) is 296 Å². The molecular formula is C56H105NO5. The third kappa shape index (κ3) is 47.6. The molecule has 1 amide bonds. The quantitative estimate of drug-likeness (QED) is 0.0321. The molecule has 0 bridgehead atoms. The fourth-order valence-electron chi connectivity index (χ4n) is 8.19. The standard InChI is InChI=1S/C56H105NO5/c1-3-5-7-9-11-13-15-17-18-22-26-30-34-38-42-46-50-56(61)62-51-47-43-39-35-31-27-23-20-19-21-25-29-33-37-41-45-49-55(60)57-53(52-58)54(59)48-44-40-36-32-28-24-16-14-12-10-8-6-4-2/h13,15,18-19,21-22,53-54,58-59H,3-12,14,16-17,20,23-52H2,1-2H3,(H,57,60)/b15-13-,21-19-,22-18-. The van der Waals surface area contributed by atoms with Crippen molar-refractivity contribution in [2.75, 3.05) is 13.2 Å². The van der Waals surface area contributed by atoms with Crippen LogP contribution in [0.25, 0.3) is 0 Å². The summed E-state index contributed by atoms with van der Waals surface area (Å²) >= 11 is 0. The smallest absolute Gasteiger partial charge is 0.305 e. The lowest BCUT2D eigenvalue weighted by Gasteiger charge is -2.22. The molecule has 0 radical (unpaired) electrons. The summed E-state index contributed by atoms with van der Waals surface area (Å²) in [7, 11) is 0. The average molecular weight is 872 g/mol. The molecule has 0 rings (SSSR count). The molecule has 0 fully saturated rings. The van der Waals surface area contributed by atoms with Gasteiger partial charge in [-0.1, -0.05) is 224 Å². The van der Waals surface area contributed by atoms with E-state index in [2.05, 4.69) is 55.6 Å². The molecule has 0 spiro atoms. The van der Waals surface area contributed by atoms with Crippen LogP contribution in [0.2, 0.25) is 0 Å². The van der Waals surface area contributed by atoms with E-state index < -0.39 is 12.1 Å². The van der Waals surface area contributed by atoms with Gasteiger partial charge in [0.25, 0.3) is 0 Å². The predicted molar refractivity (Wildman–Crippen MR) is 269 cm³/mol. The van der Waals surface area contributed by atoms with Gasteiger partial charge in [0, 0.05) is 12.8 Å². The van der Waals surface area contributed by atoms with Crippen LogP contribution in [0.15, 0.2) is 36.5 Å². The van der Waals surface area contributed by atoms with E-state index in [1.54, 1.807) is 0 Å². The van der Waals surface area contributed by atoms with Gasteiger partial charge in [-0.05, 0) is 83.5 Å². The van der Waals surface area contributed by atoms with Crippen LogP contribution in [-0.4, -0.2) is 47.4 Å². The first-order valence-corrected chi connectivity index (χ1v) is 27.2. The largest absolute Gasteiger partial charge is 0.466 e. The Hall–Kier alpha value is -1.92. The van der Waals surface area contributed by atoms with E-state index in [-0.39, 0.29) is 18.5 Å². The maximum atomic E-state index is 12.4. The molecule has 62 heavy (non-hydrogen) atoms. The van der Waals surface area contributed by atoms with Crippen LogP contribution in [0.3, 0.4) is 0 Å². The summed E-state index contributed by atoms with van der Waals surface area (Å²) in [5.74, 6) is -0.0698. The lowest BCUT2D eigenvalue weighted by molar-refractivity contribution is -0.143. The Kier molecular flexibility index (Phi) is 50.1. The maximum Gasteiger partial charge on any atom is 0.305 e. The van der Waals surface area contributed by atoms with Gasteiger partial charge in [-0.25, -0.2) is 0 Å². The molecule has 0 saturated heterocycles. The van der Waals surface area contributed by atoms with E-state index in [0.29, 0.717) is 25.9 Å². The zero-order valence-corrected chi connectivity index (χ0v) is 41.4. The molecule has 0 saturated carbocycles. The SMILES string of the molecule is CCCCCC/C=C\C/C=C\CCCCCCCC(=O)OCCCCCCCCC/C=C\CCCCCCCC(=O)NC(CO)C(O)CCCCCCCCCCCCCCC. The van der Waals surface area contributed by atoms with Crippen molar-refractivity contribution in [3.63, 3.8) is 0 Å². The number of hydrogen-bond acceptors (Lipinski definition) is 5. The van der Waals surface area contributed by atoms with E-state index in [0.717, 1.165) is 70.6 Å². The number of esters is 1. The molecule has 6 heteroatoms. The Labute approximate surface area is 385 Å². The van der Waals surface area contributed by atoms with Gasteiger partial charge in [-0.15, -0.1) is 0 Å². The van der Waals surface area contributed by atoms with Crippen LogP contribution >= 0.6 is 0 Å². The molecule has 6 nitrogen and oxygen atoms in total. The van der Waals surface area contributed by atoms with Gasteiger partial charge in [0.1, 0.15) is 0 Å². The van der Waals surface area contributed by atoms with Gasteiger partial charge < -0.3 is 20.3 Å². The van der Waals surface area contributed by atoms with Crippen molar-refractivity contribution in [1.82, 2.24) is 5.32 Å². The second-order valence-electron chi connectivity index (χ2n) is 18.6. The fourth-order valence-corrected chi connectivity index (χ4v) is 8.19. The number of aliphatic hydroxyl groups is 2. The third-order valence-corrected chi connectivity index (χ3v) is 12.4. The minimum Gasteiger partial charge on any atom is -0.466 e. The molecule has 2 unspecified atom stereocenters. The van der Waals surface area contributed by atoms with Crippen molar-refractivity contribution < 1.29 is 24.5 Å². The molecule has 0 aromatic heterocycles. The molecule has 364 valence electrons. The molecule has 0 aromatic carbocycles. The number of ether oxygens (including phenoxy) is 1. The van der Waals surface area contributed by atoms with Crippen LogP contribution in [-0.2, 0) is 14.3 Å². The molecule has 3 N–H and O–H groups in total. The highest BCUT2D eigenvalue weighted by Crippen LogP contribution is 2.16. The second-order valence-corrected chi connectivity index (χ2v) is 18.6. The highest BCUT2D eigenvalue weighted by molar-refractivity contribution is 5.76. The number of carbonyl (C=O) groups is 2. The van der Waals surface area contributed by atoms with E-state index in [1.807, 2.05) is 0 Å². The first kappa shape index (κ1) is 60.1. The highest BCUT2D eigenvalue weighted by atomic mass is 16.5. The van der Waals surface area contributed by atoms with Crippen molar-refractivity contribution >= 4 is 11.9 Å². The number of allylic oxidation sites excluding steroid dienone is 6. The van der Waals surface area contributed by atoms with Crippen LogP contribution in [0.1, 0.15) is 284 Å². The molecule has 0 aliphatic heterocycles. The summed E-state index contributed by atoms with van der Waals surface area (Å²) in [5.41, 5.74) is 0. The molecule has 0 heterocycles. The van der Waals surface area contributed by atoms with Gasteiger partial charge in [-0.2, -0.15) is 0 Å². The fraction of sp³-hybridized carbons (Fsp3) is 0.857. The normalized spacial score (nSPS) is 12.9. The number of hydrogen-bond donors (Lipinski definition) is 3. The van der Waals surface area contributed by atoms with E-state index in [9.17, 15) is 19.8 Å². The Morgan fingerprint density at radius 1 is 0.452 bits per heavy atom. The number of unbranched alkanes of at least 4 members (excludes halogenated alkanes) is 33. The number of rotatable bonds is 50. The van der Waals surface area contributed by atoms with Gasteiger partial charge in [0.15, 0.2) is 0 Å². The van der Waals surface area contributed by atoms with Gasteiger partial charge in [0.2, 0.25) is 5.91 Å². The first-order valence-electron chi connectivity index (χ1n) is 27.2.